The van der Waals surface area contributed by atoms with Gasteiger partial charge in [-0.3, -0.25) is 4.79 Å². The maximum atomic E-state index is 11.8. The van der Waals surface area contributed by atoms with Crippen LogP contribution in [0.25, 0.3) is 0 Å². The van der Waals surface area contributed by atoms with Crippen LogP contribution in [0, 0.1) is 11.8 Å². The summed E-state index contributed by atoms with van der Waals surface area (Å²) in [6.07, 6.45) is 5.17. The molecule has 0 radical (unpaired) electrons. The largest absolute Gasteiger partial charge is 0.461 e. The second-order valence-electron chi connectivity index (χ2n) is 5.86. The van der Waals surface area contributed by atoms with Crippen molar-refractivity contribution in [3.05, 3.63) is 0 Å². The Morgan fingerprint density at radius 1 is 1.28 bits per heavy atom. The number of hydrogen-bond donors (Lipinski definition) is 0. The van der Waals surface area contributed by atoms with Crippen LogP contribution >= 0.6 is 0 Å². The third-order valence-corrected chi connectivity index (χ3v) is 5.73. The molecule has 1 aliphatic heterocycles. The van der Waals surface area contributed by atoms with Crippen LogP contribution in [-0.4, -0.2) is 32.0 Å². The van der Waals surface area contributed by atoms with E-state index in [2.05, 4.69) is 6.92 Å². The lowest BCUT2D eigenvalue weighted by atomic mass is 9.81. The van der Waals surface area contributed by atoms with Crippen LogP contribution in [-0.2, 0) is 19.4 Å². The van der Waals surface area contributed by atoms with Crippen molar-refractivity contribution in [1.82, 2.24) is 0 Å². The SMILES string of the molecule is C[C@@H]1CCC[C@H](CC(=O)O[C@@H]2CCS(=O)(=O)C2)C1. The van der Waals surface area contributed by atoms with Gasteiger partial charge >= 0.3 is 5.97 Å². The molecule has 1 saturated heterocycles. The Morgan fingerprint density at radius 3 is 2.67 bits per heavy atom. The van der Waals surface area contributed by atoms with Crippen molar-refractivity contribution in [1.29, 1.82) is 0 Å². The minimum atomic E-state index is -2.96. The van der Waals surface area contributed by atoms with E-state index in [1.807, 2.05) is 0 Å². The number of hydrogen-bond acceptors (Lipinski definition) is 4. The standard InChI is InChI=1S/C13H22O4S/c1-10-3-2-4-11(7-10)8-13(14)17-12-5-6-18(15,16)9-12/h10-12H,2-9H2,1H3/t10-,11+,12-/m1/s1. The Balaban J connectivity index is 1.75. The number of ether oxygens (including phenoxy) is 1. The Bertz CT molecular complexity index is 401. The van der Waals surface area contributed by atoms with Crippen LogP contribution in [0.1, 0.15) is 45.4 Å². The lowest BCUT2D eigenvalue weighted by molar-refractivity contribution is -0.149. The van der Waals surface area contributed by atoms with E-state index in [-0.39, 0.29) is 17.5 Å². The summed E-state index contributed by atoms with van der Waals surface area (Å²) in [5, 5.41) is 0. The van der Waals surface area contributed by atoms with Crippen LogP contribution in [0.5, 0.6) is 0 Å². The Hall–Kier alpha value is -0.580. The predicted molar refractivity (Wildman–Crippen MR) is 68.9 cm³/mol. The number of carbonyl (C=O) groups excluding carboxylic acids is 1. The Labute approximate surface area is 109 Å². The van der Waals surface area contributed by atoms with Gasteiger partial charge in [-0.05, 0) is 31.1 Å². The van der Waals surface area contributed by atoms with Crippen molar-refractivity contribution < 1.29 is 17.9 Å². The van der Waals surface area contributed by atoms with Gasteiger partial charge in [-0.1, -0.05) is 19.8 Å². The zero-order chi connectivity index (χ0) is 13.2. The van der Waals surface area contributed by atoms with E-state index >= 15 is 0 Å². The van der Waals surface area contributed by atoms with E-state index in [9.17, 15) is 13.2 Å². The summed E-state index contributed by atoms with van der Waals surface area (Å²) < 4.78 is 27.8. The van der Waals surface area contributed by atoms with Gasteiger partial charge in [0.2, 0.25) is 0 Å². The molecule has 4 nitrogen and oxygen atoms in total. The van der Waals surface area contributed by atoms with Gasteiger partial charge in [0.25, 0.3) is 0 Å². The second kappa shape index (κ2) is 5.59. The van der Waals surface area contributed by atoms with E-state index in [1.165, 1.54) is 12.8 Å². The predicted octanol–water partition coefficient (Wildman–Crippen LogP) is 1.93. The fourth-order valence-corrected chi connectivity index (χ4v) is 4.66. The number of rotatable bonds is 3. The summed E-state index contributed by atoms with van der Waals surface area (Å²) in [6, 6.07) is 0. The van der Waals surface area contributed by atoms with Crippen molar-refractivity contribution in [2.24, 2.45) is 11.8 Å². The molecule has 3 atom stereocenters. The fourth-order valence-electron chi connectivity index (χ4n) is 3.07. The average molecular weight is 274 g/mol. The summed E-state index contributed by atoms with van der Waals surface area (Å²) in [7, 11) is -2.96. The minimum absolute atomic E-state index is 0.0137. The molecule has 18 heavy (non-hydrogen) atoms. The smallest absolute Gasteiger partial charge is 0.306 e. The molecule has 2 rings (SSSR count). The van der Waals surface area contributed by atoms with Crippen LogP contribution in [0.2, 0.25) is 0 Å². The highest BCUT2D eigenvalue weighted by atomic mass is 32.2. The zero-order valence-corrected chi connectivity index (χ0v) is 11.7. The van der Waals surface area contributed by atoms with Crippen molar-refractivity contribution in [2.75, 3.05) is 11.5 Å². The van der Waals surface area contributed by atoms with E-state index in [0.717, 1.165) is 12.8 Å². The molecule has 1 aliphatic carbocycles. The monoisotopic (exact) mass is 274 g/mol. The molecule has 1 saturated carbocycles. The molecule has 0 unspecified atom stereocenters. The normalized spacial score (nSPS) is 35.3. The van der Waals surface area contributed by atoms with Gasteiger partial charge in [0, 0.05) is 6.42 Å². The maximum Gasteiger partial charge on any atom is 0.306 e. The highest BCUT2D eigenvalue weighted by Gasteiger charge is 2.31. The molecule has 0 bridgehead atoms. The minimum Gasteiger partial charge on any atom is -0.461 e. The molecule has 2 aliphatic rings. The molecule has 0 amide bonds. The molecular weight excluding hydrogens is 252 g/mol. The van der Waals surface area contributed by atoms with Gasteiger partial charge < -0.3 is 4.74 Å². The van der Waals surface area contributed by atoms with Crippen molar-refractivity contribution >= 4 is 15.8 Å². The lowest BCUT2D eigenvalue weighted by Gasteiger charge is -2.26. The van der Waals surface area contributed by atoms with Crippen molar-refractivity contribution in [3.8, 4) is 0 Å². The summed E-state index contributed by atoms with van der Waals surface area (Å²) in [6.45, 7) is 2.22. The summed E-state index contributed by atoms with van der Waals surface area (Å²) >= 11 is 0. The molecule has 1 heterocycles. The molecule has 5 heteroatoms. The van der Waals surface area contributed by atoms with Crippen molar-refractivity contribution in [3.63, 3.8) is 0 Å². The third kappa shape index (κ3) is 3.97. The van der Waals surface area contributed by atoms with Gasteiger partial charge in [-0.15, -0.1) is 0 Å². The molecule has 0 N–H and O–H groups in total. The van der Waals surface area contributed by atoms with Crippen LogP contribution in [0.4, 0.5) is 0 Å². The van der Waals surface area contributed by atoms with Gasteiger partial charge in [0.15, 0.2) is 9.84 Å². The first-order chi connectivity index (χ1) is 8.44. The molecule has 0 spiro atoms. The molecule has 0 aromatic rings. The zero-order valence-electron chi connectivity index (χ0n) is 10.9. The van der Waals surface area contributed by atoms with Crippen LogP contribution in [0.15, 0.2) is 0 Å². The van der Waals surface area contributed by atoms with Crippen LogP contribution in [0.3, 0.4) is 0 Å². The number of carbonyl (C=O) groups is 1. The van der Waals surface area contributed by atoms with E-state index in [1.54, 1.807) is 0 Å². The maximum absolute atomic E-state index is 11.8. The van der Waals surface area contributed by atoms with Crippen LogP contribution < -0.4 is 0 Å². The van der Waals surface area contributed by atoms with E-state index in [0.29, 0.717) is 24.7 Å². The molecule has 0 aromatic carbocycles. The van der Waals surface area contributed by atoms with E-state index < -0.39 is 15.9 Å². The topological polar surface area (TPSA) is 60.4 Å². The molecular formula is C13H22O4S. The summed E-state index contributed by atoms with van der Waals surface area (Å²) in [5.41, 5.74) is 0. The van der Waals surface area contributed by atoms with Crippen molar-refractivity contribution in [2.45, 2.75) is 51.6 Å². The first-order valence-electron chi connectivity index (χ1n) is 6.84. The van der Waals surface area contributed by atoms with Gasteiger partial charge in [0.1, 0.15) is 6.10 Å². The van der Waals surface area contributed by atoms with Gasteiger partial charge in [0.05, 0.1) is 11.5 Å². The third-order valence-electron chi connectivity index (χ3n) is 3.99. The first-order valence-corrected chi connectivity index (χ1v) is 8.66. The molecule has 104 valence electrons. The van der Waals surface area contributed by atoms with E-state index in [4.69, 9.17) is 4.74 Å². The highest BCUT2D eigenvalue weighted by Crippen LogP contribution is 2.31. The Kier molecular flexibility index (Phi) is 4.30. The average Bonchev–Trinajstić information content (AvgIpc) is 2.57. The number of esters is 1. The summed E-state index contributed by atoms with van der Waals surface area (Å²) in [5.74, 6) is 1.09. The highest BCUT2D eigenvalue weighted by molar-refractivity contribution is 7.91. The second-order valence-corrected chi connectivity index (χ2v) is 8.09. The first kappa shape index (κ1) is 13.8. The summed E-state index contributed by atoms with van der Waals surface area (Å²) in [4.78, 5) is 11.8. The molecule has 2 fully saturated rings. The Morgan fingerprint density at radius 2 is 2.06 bits per heavy atom. The van der Waals surface area contributed by atoms with Gasteiger partial charge in [-0.25, -0.2) is 8.42 Å². The fraction of sp³-hybridized carbons (Fsp3) is 0.923. The quantitative estimate of drug-likeness (QED) is 0.738. The van der Waals surface area contributed by atoms with Gasteiger partial charge in [-0.2, -0.15) is 0 Å². The number of sulfone groups is 1. The lowest BCUT2D eigenvalue weighted by Crippen LogP contribution is -2.23. The molecule has 0 aromatic heterocycles.